The third-order valence-corrected chi connectivity index (χ3v) is 3.73. The Bertz CT molecular complexity index is 542. The number of aryl methyl sites for hydroxylation is 1. The van der Waals surface area contributed by atoms with Gasteiger partial charge in [0.15, 0.2) is 5.82 Å². The van der Waals surface area contributed by atoms with Crippen LogP contribution < -0.4 is 10.2 Å². The topological polar surface area (TPSA) is 76.5 Å². The van der Waals surface area contributed by atoms with Crippen molar-refractivity contribution in [3.05, 3.63) is 11.8 Å². The van der Waals surface area contributed by atoms with Crippen molar-refractivity contribution in [3.63, 3.8) is 0 Å². The number of urea groups is 1. The summed E-state index contributed by atoms with van der Waals surface area (Å²) in [5, 5.41) is 7.40. The number of anilines is 1. The summed E-state index contributed by atoms with van der Waals surface area (Å²) in [7, 11) is 0. The fourth-order valence-electron chi connectivity index (χ4n) is 2.39. The number of carbonyl (C=O) groups is 2. The summed E-state index contributed by atoms with van der Waals surface area (Å²) in [5.74, 6) is -0.0583. The predicted molar refractivity (Wildman–Crippen MR) is 99.0 cm³/mol. The second-order valence-corrected chi connectivity index (χ2v) is 5.94. The lowest BCUT2D eigenvalue weighted by Gasteiger charge is -2.21. The minimum Gasteiger partial charge on any atom is -0.462 e. The average molecular weight is 352 g/mol. The molecule has 0 saturated carbocycles. The molecule has 0 aliphatic carbocycles. The van der Waals surface area contributed by atoms with Crippen molar-refractivity contribution in [3.8, 4) is 0 Å². The summed E-state index contributed by atoms with van der Waals surface area (Å²) >= 11 is 0. The van der Waals surface area contributed by atoms with E-state index in [-0.39, 0.29) is 12.6 Å². The molecule has 1 N–H and O–H groups in total. The zero-order valence-corrected chi connectivity index (χ0v) is 16.0. The summed E-state index contributed by atoms with van der Waals surface area (Å²) in [6, 6.07) is -0.214. The molecule has 1 aromatic rings. The van der Waals surface area contributed by atoms with E-state index in [4.69, 9.17) is 4.74 Å². The van der Waals surface area contributed by atoms with Crippen LogP contribution >= 0.6 is 0 Å². The Morgan fingerprint density at radius 2 is 1.88 bits per heavy atom. The maximum atomic E-state index is 12.6. The second kappa shape index (κ2) is 11.5. The van der Waals surface area contributed by atoms with Crippen LogP contribution in [-0.4, -0.2) is 41.5 Å². The number of nitrogens with one attached hydrogen (secondary N) is 1. The van der Waals surface area contributed by atoms with Crippen molar-refractivity contribution in [1.82, 2.24) is 15.1 Å². The average Bonchev–Trinajstić information content (AvgIpc) is 3.00. The molecule has 0 bridgehead atoms. The summed E-state index contributed by atoms with van der Waals surface area (Å²) in [4.78, 5) is 26.5. The van der Waals surface area contributed by atoms with Gasteiger partial charge in [-0.3, -0.25) is 9.58 Å². The SMILES string of the molecule is CCCCNC(=O)N(CCCC)c1nn(CCC)cc1C(=O)OCC. The van der Waals surface area contributed by atoms with Gasteiger partial charge in [0, 0.05) is 25.8 Å². The van der Waals surface area contributed by atoms with E-state index in [2.05, 4.69) is 24.3 Å². The Hall–Kier alpha value is -2.05. The van der Waals surface area contributed by atoms with Gasteiger partial charge in [-0.25, -0.2) is 9.59 Å². The lowest BCUT2D eigenvalue weighted by molar-refractivity contribution is 0.0527. The van der Waals surface area contributed by atoms with Crippen LogP contribution in [0.4, 0.5) is 10.6 Å². The molecule has 0 spiro atoms. The molecule has 0 aliphatic rings. The van der Waals surface area contributed by atoms with Crippen LogP contribution in [0, 0.1) is 0 Å². The van der Waals surface area contributed by atoms with Crippen LogP contribution in [0.3, 0.4) is 0 Å². The van der Waals surface area contributed by atoms with E-state index in [0.717, 1.165) is 32.1 Å². The number of esters is 1. The maximum absolute atomic E-state index is 12.6. The van der Waals surface area contributed by atoms with Crippen molar-refractivity contribution in [2.75, 3.05) is 24.6 Å². The number of rotatable bonds is 11. The lowest BCUT2D eigenvalue weighted by atomic mass is 10.2. The monoisotopic (exact) mass is 352 g/mol. The second-order valence-electron chi connectivity index (χ2n) is 5.94. The summed E-state index contributed by atoms with van der Waals surface area (Å²) in [6.07, 6.45) is 6.28. The quantitative estimate of drug-likeness (QED) is 0.488. The molecule has 1 aromatic heterocycles. The number of unbranched alkanes of at least 4 members (excludes halogenated alkanes) is 2. The van der Waals surface area contributed by atoms with Gasteiger partial charge < -0.3 is 10.1 Å². The van der Waals surface area contributed by atoms with Gasteiger partial charge in [0.05, 0.1) is 6.61 Å². The number of hydrogen-bond acceptors (Lipinski definition) is 4. The van der Waals surface area contributed by atoms with Gasteiger partial charge >= 0.3 is 12.0 Å². The Labute approximate surface area is 150 Å². The van der Waals surface area contributed by atoms with Crippen molar-refractivity contribution in [2.45, 2.75) is 66.3 Å². The van der Waals surface area contributed by atoms with E-state index in [1.54, 1.807) is 22.7 Å². The number of aromatic nitrogens is 2. The largest absolute Gasteiger partial charge is 0.462 e. The Balaban J connectivity index is 3.11. The van der Waals surface area contributed by atoms with Gasteiger partial charge in [-0.05, 0) is 26.2 Å². The number of nitrogens with zero attached hydrogens (tertiary/aromatic N) is 3. The minimum absolute atomic E-state index is 0.214. The number of ether oxygens (including phenoxy) is 1. The molecule has 25 heavy (non-hydrogen) atoms. The molecule has 0 fully saturated rings. The number of carbonyl (C=O) groups excluding carboxylic acids is 2. The Morgan fingerprint density at radius 1 is 1.16 bits per heavy atom. The first-order chi connectivity index (χ1) is 12.1. The predicted octanol–water partition coefficient (Wildman–Crippen LogP) is 3.59. The van der Waals surface area contributed by atoms with Crippen LogP contribution in [0.15, 0.2) is 6.20 Å². The minimum atomic E-state index is -0.442. The molecular formula is C18H32N4O3. The van der Waals surface area contributed by atoms with Crippen LogP contribution in [0.1, 0.15) is 70.2 Å². The van der Waals surface area contributed by atoms with E-state index >= 15 is 0 Å². The summed E-state index contributed by atoms with van der Waals surface area (Å²) in [5.41, 5.74) is 0.344. The molecule has 7 nitrogen and oxygen atoms in total. The summed E-state index contributed by atoms with van der Waals surface area (Å²) < 4.78 is 6.85. The van der Waals surface area contributed by atoms with Crippen molar-refractivity contribution >= 4 is 17.8 Å². The fourth-order valence-corrected chi connectivity index (χ4v) is 2.39. The van der Waals surface area contributed by atoms with Crippen LogP contribution in [0.5, 0.6) is 0 Å². The van der Waals surface area contributed by atoms with Gasteiger partial charge in [0.1, 0.15) is 5.56 Å². The zero-order chi connectivity index (χ0) is 18.7. The Morgan fingerprint density at radius 3 is 2.48 bits per heavy atom. The molecule has 0 aromatic carbocycles. The Kier molecular flexibility index (Phi) is 9.65. The van der Waals surface area contributed by atoms with E-state index in [0.29, 0.717) is 31.0 Å². The molecule has 0 saturated heterocycles. The van der Waals surface area contributed by atoms with Gasteiger partial charge in [-0.15, -0.1) is 0 Å². The first-order valence-electron chi connectivity index (χ1n) is 9.38. The summed E-state index contributed by atoms with van der Waals surface area (Å²) in [6.45, 7) is 10.0. The van der Waals surface area contributed by atoms with E-state index in [1.165, 1.54) is 0 Å². The highest BCUT2D eigenvalue weighted by Gasteiger charge is 2.26. The highest BCUT2D eigenvalue weighted by molar-refractivity contribution is 6.00. The third-order valence-electron chi connectivity index (χ3n) is 3.73. The molecule has 0 aliphatic heterocycles. The van der Waals surface area contributed by atoms with Gasteiger partial charge in [0.25, 0.3) is 0 Å². The van der Waals surface area contributed by atoms with Crippen LogP contribution in [0.2, 0.25) is 0 Å². The molecule has 0 radical (unpaired) electrons. The molecule has 2 amide bonds. The van der Waals surface area contributed by atoms with Gasteiger partial charge in [-0.1, -0.05) is 33.6 Å². The first-order valence-corrected chi connectivity index (χ1v) is 9.38. The molecule has 0 atom stereocenters. The standard InChI is InChI=1S/C18H32N4O3/c1-5-9-11-19-18(24)22(13-10-6-2)16-15(17(23)25-8-4)14-21(20-16)12-7-3/h14H,5-13H2,1-4H3,(H,19,24). The van der Waals surface area contributed by atoms with Crippen molar-refractivity contribution < 1.29 is 14.3 Å². The van der Waals surface area contributed by atoms with Gasteiger partial charge in [-0.2, -0.15) is 5.10 Å². The van der Waals surface area contributed by atoms with Crippen LogP contribution in [-0.2, 0) is 11.3 Å². The molecule has 142 valence electrons. The molecule has 7 heteroatoms. The zero-order valence-electron chi connectivity index (χ0n) is 16.0. The highest BCUT2D eigenvalue weighted by Crippen LogP contribution is 2.21. The third kappa shape index (κ3) is 6.40. The van der Waals surface area contributed by atoms with Crippen molar-refractivity contribution in [1.29, 1.82) is 0 Å². The van der Waals surface area contributed by atoms with Crippen molar-refractivity contribution in [2.24, 2.45) is 0 Å². The highest BCUT2D eigenvalue weighted by atomic mass is 16.5. The smallest absolute Gasteiger partial charge is 0.343 e. The molecule has 1 rings (SSSR count). The molecular weight excluding hydrogens is 320 g/mol. The maximum Gasteiger partial charge on any atom is 0.343 e. The van der Waals surface area contributed by atoms with Crippen LogP contribution in [0.25, 0.3) is 0 Å². The number of hydrogen-bond donors (Lipinski definition) is 1. The van der Waals surface area contributed by atoms with E-state index in [9.17, 15) is 9.59 Å². The lowest BCUT2D eigenvalue weighted by Crippen LogP contribution is -2.42. The van der Waals surface area contributed by atoms with E-state index in [1.807, 2.05) is 6.92 Å². The van der Waals surface area contributed by atoms with E-state index < -0.39 is 5.97 Å². The normalized spacial score (nSPS) is 10.6. The first kappa shape index (κ1) is 21.0. The fraction of sp³-hybridized carbons (Fsp3) is 0.722. The molecule has 1 heterocycles. The number of amides is 2. The van der Waals surface area contributed by atoms with Gasteiger partial charge in [0.2, 0.25) is 0 Å². The molecule has 0 unspecified atom stereocenters.